The van der Waals surface area contributed by atoms with Gasteiger partial charge in [0.1, 0.15) is 5.37 Å². The van der Waals surface area contributed by atoms with Crippen LogP contribution in [0.25, 0.3) is 0 Å². The summed E-state index contributed by atoms with van der Waals surface area (Å²) < 4.78 is 16.2. The molecule has 22 heavy (non-hydrogen) atoms. The van der Waals surface area contributed by atoms with Crippen molar-refractivity contribution >= 4 is 17.7 Å². The number of amides is 1. The van der Waals surface area contributed by atoms with Crippen LogP contribution in [0.2, 0.25) is 0 Å². The van der Waals surface area contributed by atoms with E-state index in [9.17, 15) is 4.79 Å². The van der Waals surface area contributed by atoms with E-state index in [1.165, 1.54) is 0 Å². The quantitative estimate of drug-likeness (QED) is 0.822. The largest absolute Gasteiger partial charge is 0.493 e. The first-order valence-corrected chi connectivity index (χ1v) is 8.03. The van der Waals surface area contributed by atoms with Gasteiger partial charge in [0.2, 0.25) is 11.7 Å². The molecule has 0 radical (unpaired) electrons. The fourth-order valence-electron chi connectivity index (χ4n) is 2.51. The minimum absolute atomic E-state index is 0.0598. The van der Waals surface area contributed by atoms with Gasteiger partial charge in [0.05, 0.1) is 27.1 Å². The average molecular weight is 327 g/mol. The zero-order valence-electron chi connectivity index (χ0n) is 13.0. The van der Waals surface area contributed by atoms with Crippen LogP contribution in [0, 0.1) is 0 Å². The Hall–Kier alpha value is -1.60. The van der Waals surface area contributed by atoms with Gasteiger partial charge in [-0.2, -0.15) is 0 Å². The summed E-state index contributed by atoms with van der Waals surface area (Å²) in [5.41, 5.74) is 0.869. The Bertz CT molecular complexity index is 537. The molecule has 1 atom stereocenters. The van der Waals surface area contributed by atoms with Gasteiger partial charge >= 0.3 is 0 Å². The van der Waals surface area contributed by atoms with E-state index < -0.39 is 0 Å². The highest BCUT2D eigenvalue weighted by Gasteiger charge is 2.35. The van der Waals surface area contributed by atoms with Crippen molar-refractivity contribution in [3.8, 4) is 17.2 Å². The molecular weight excluding hydrogens is 306 g/mol. The number of hydrogen-bond donors (Lipinski definition) is 1. The summed E-state index contributed by atoms with van der Waals surface area (Å²) >= 11 is 1.54. The van der Waals surface area contributed by atoms with E-state index in [0.717, 1.165) is 5.56 Å². The van der Waals surface area contributed by atoms with Gasteiger partial charge in [-0.15, -0.1) is 11.8 Å². The second-order valence-corrected chi connectivity index (χ2v) is 5.82. The molecule has 0 bridgehead atoms. The number of thioether (sulfide) groups is 1. The molecule has 1 amide bonds. The normalized spacial score (nSPS) is 17.7. The van der Waals surface area contributed by atoms with Gasteiger partial charge in [0.25, 0.3) is 0 Å². The molecule has 7 heteroatoms. The summed E-state index contributed by atoms with van der Waals surface area (Å²) in [6, 6.07) is 3.70. The summed E-state index contributed by atoms with van der Waals surface area (Å²) in [4.78, 5) is 13.8. The molecule has 1 heterocycles. The molecule has 1 fully saturated rings. The molecule has 0 saturated carbocycles. The lowest BCUT2D eigenvalue weighted by Gasteiger charge is -2.26. The van der Waals surface area contributed by atoms with Crippen molar-refractivity contribution in [2.24, 2.45) is 0 Å². The molecule has 1 unspecified atom stereocenters. The third-order valence-electron chi connectivity index (χ3n) is 3.53. The van der Waals surface area contributed by atoms with Crippen molar-refractivity contribution in [1.29, 1.82) is 0 Å². The number of methoxy groups -OCH3 is 3. The molecule has 1 saturated heterocycles. The molecular formula is C15H21NO5S. The molecule has 1 aromatic rings. The first-order valence-electron chi connectivity index (χ1n) is 6.98. The third kappa shape index (κ3) is 3.10. The number of carbonyl (C=O) groups is 1. The third-order valence-corrected chi connectivity index (χ3v) is 4.76. The van der Waals surface area contributed by atoms with Crippen molar-refractivity contribution in [1.82, 2.24) is 4.90 Å². The molecule has 1 aromatic carbocycles. The fraction of sp³-hybridized carbons (Fsp3) is 0.533. The van der Waals surface area contributed by atoms with E-state index in [4.69, 9.17) is 19.3 Å². The van der Waals surface area contributed by atoms with Crippen LogP contribution in [0.3, 0.4) is 0 Å². The highest BCUT2D eigenvalue weighted by molar-refractivity contribution is 8.00. The average Bonchev–Trinajstić information content (AvgIpc) is 2.91. The molecule has 2 rings (SSSR count). The lowest BCUT2D eigenvalue weighted by Crippen LogP contribution is -2.30. The summed E-state index contributed by atoms with van der Waals surface area (Å²) in [6.07, 6.45) is 0.554. The summed E-state index contributed by atoms with van der Waals surface area (Å²) in [6.45, 7) is 0.578. The van der Waals surface area contributed by atoms with Crippen molar-refractivity contribution in [3.05, 3.63) is 17.7 Å². The Morgan fingerprint density at radius 1 is 1.23 bits per heavy atom. The minimum atomic E-state index is -0.145. The highest BCUT2D eigenvalue weighted by atomic mass is 32.2. The molecule has 0 aromatic heterocycles. The summed E-state index contributed by atoms with van der Waals surface area (Å²) in [5.74, 6) is 2.17. The van der Waals surface area contributed by atoms with E-state index in [1.807, 2.05) is 12.1 Å². The predicted molar refractivity (Wildman–Crippen MR) is 84.7 cm³/mol. The maximum Gasteiger partial charge on any atom is 0.233 e. The Balaban J connectivity index is 2.40. The van der Waals surface area contributed by atoms with Crippen molar-refractivity contribution < 1.29 is 24.1 Å². The van der Waals surface area contributed by atoms with Gasteiger partial charge in [0.15, 0.2) is 11.5 Å². The van der Waals surface area contributed by atoms with Crippen LogP contribution in [0.5, 0.6) is 17.2 Å². The number of carbonyl (C=O) groups excluding carboxylic acids is 1. The van der Waals surface area contributed by atoms with E-state index in [-0.39, 0.29) is 17.9 Å². The number of aliphatic hydroxyl groups is 1. The lowest BCUT2D eigenvalue weighted by atomic mass is 10.1. The second-order valence-electron chi connectivity index (χ2n) is 4.75. The SMILES string of the molecule is COc1ccc(C2SCC(=O)N2CCCO)c(OC)c1OC. The topological polar surface area (TPSA) is 68.2 Å². The summed E-state index contributed by atoms with van der Waals surface area (Å²) in [5, 5.41) is 8.87. The van der Waals surface area contributed by atoms with Gasteiger partial charge in [-0.25, -0.2) is 0 Å². The van der Waals surface area contributed by atoms with Gasteiger partial charge in [-0.1, -0.05) is 0 Å². The minimum Gasteiger partial charge on any atom is -0.493 e. The predicted octanol–water partition coefficient (Wildman–Crippen LogP) is 1.67. The van der Waals surface area contributed by atoms with Crippen LogP contribution in [0.1, 0.15) is 17.4 Å². The van der Waals surface area contributed by atoms with Crippen molar-refractivity contribution in [3.63, 3.8) is 0 Å². The Morgan fingerprint density at radius 3 is 2.55 bits per heavy atom. The molecule has 1 N–H and O–H groups in total. The van der Waals surface area contributed by atoms with Crippen LogP contribution >= 0.6 is 11.8 Å². The zero-order valence-corrected chi connectivity index (χ0v) is 13.8. The van der Waals surface area contributed by atoms with E-state index in [1.54, 1.807) is 38.0 Å². The Morgan fingerprint density at radius 2 is 1.95 bits per heavy atom. The smallest absolute Gasteiger partial charge is 0.233 e. The molecule has 1 aliphatic rings. The van der Waals surface area contributed by atoms with E-state index in [0.29, 0.717) is 36.0 Å². The Labute approximate surface area is 134 Å². The van der Waals surface area contributed by atoms with E-state index >= 15 is 0 Å². The fourth-order valence-corrected chi connectivity index (χ4v) is 3.75. The first kappa shape index (κ1) is 16.8. The number of benzene rings is 1. The monoisotopic (exact) mass is 327 g/mol. The van der Waals surface area contributed by atoms with Crippen molar-refractivity contribution in [2.45, 2.75) is 11.8 Å². The zero-order chi connectivity index (χ0) is 16.1. The lowest BCUT2D eigenvalue weighted by molar-refractivity contribution is -0.128. The first-order chi connectivity index (χ1) is 10.7. The molecule has 0 spiro atoms. The maximum atomic E-state index is 12.1. The standard InChI is InChI=1S/C15H21NO5S/c1-19-11-6-5-10(13(20-2)14(11)21-3)15-16(7-4-8-17)12(18)9-22-15/h5-6,15,17H,4,7-9H2,1-3H3. The van der Waals surface area contributed by atoms with Crippen LogP contribution in [0.4, 0.5) is 0 Å². The van der Waals surface area contributed by atoms with Crippen LogP contribution < -0.4 is 14.2 Å². The van der Waals surface area contributed by atoms with Crippen molar-refractivity contribution in [2.75, 3.05) is 40.2 Å². The van der Waals surface area contributed by atoms with E-state index in [2.05, 4.69) is 0 Å². The van der Waals surface area contributed by atoms with Crippen LogP contribution in [-0.2, 0) is 4.79 Å². The molecule has 122 valence electrons. The van der Waals surface area contributed by atoms with Gasteiger partial charge in [-0.3, -0.25) is 4.79 Å². The molecule has 6 nitrogen and oxygen atoms in total. The van der Waals surface area contributed by atoms with Crippen LogP contribution in [-0.4, -0.2) is 56.1 Å². The molecule has 0 aliphatic carbocycles. The van der Waals surface area contributed by atoms with Gasteiger partial charge in [-0.05, 0) is 18.6 Å². The number of ether oxygens (including phenoxy) is 3. The summed E-state index contributed by atoms with van der Waals surface area (Å²) in [7, 11) is 4.69. The number of aliphatic hydroxyl groups excluding tert-OH is 1. The number of rotatable bonds is 7. The Kier molecular flexibility index (Phi) is 5.79. The highest BCUT2D eigenvalue weighted by Crippen LogP contribution is 2.48. The number of nitrogens with zero attached hydrogens (tertiary/aromatic N) is 1. The van der Waals surface area contributed by atoms with Gasteiger partial charge in [0, 0.05) is 18.7 Å². The number of hydrogen-bond acceptors (Lipinski definition) is 6. The maximum absolute atomic E-state index is 12.1. The second kappa shape index (κ2) is 7.60. The van der Waals surface area contributed by atoms with Crippen LogP contribution in [0.15, 0.2) is 12.1 Å². The molecule has 1 aliphatic heterocycles. The van der Waals surface area contributed by atoms with Gasteiger partial charge < -0.3 is 24.2 Å².